The van der Waals surface area contributed by atoms with Gasteiger partial charge in [0.2, 0.25) is 0 Å². The summed E-state index contributed by atoms with van der Waals surface area (Å²) in [7, 11) is 1.64. The summed E-state index contributed by atoms with van der Waals surface area (Å²) in [5.41, 5.74) is 6.48. The zero-order chi connectivity index (χ0) is 14.9. The van der Waals surface area contributed by atoms with E-state index in [1.165, 1.54) is 0 Å². The lowest BCUT2D eigenvalue weighted by molar-refractivity contribution is 0.289. The van der Waals surface area contributed by atoms with Crippen molar-refractivity contribution in [3.05, 3.63) is 36.2 Å². The molecule has 0 amide bonds. The van der Waals surface area contributed by atoms with Crippen molar-refractivity contribution in [3.8, 4) is 11.5 Å². The number of hydrogen-bond acceptors (Lipinski definition) is 5. The summed E-state index contributed by atoms with van der Waals surface area (Å²) in [6, 6.07) is 7.53. The molecule has 2 rings (SSSR count). The fourth-order valence-corrected chi connectivity index (χ4v) is 1.94. The summed E-state index contributed by atoms with van der Waals surface area (Å²) < 4.78 is 12.6. The summed E-state index contributed by atoms with van der Waals surface area (Å²) in [6.07, 6.45) is 4.97. The van der Waals surface area contributed by atoms with Crippen LogP contribution in [-0.4, -0.2) is 35.3 Å². The molecule has 114 valence electrons. The first-order valence-electron chi connectivity index (χ1n) is 7.18. The molecule has 0 saturated carbocycles. The van der Waals surface area contributed by atoms with Crippen molar-refractivity contribution in [2.45, 2.75) is 25.8 Å². The molecule has 6 nitrogen and oxygen atoms in total. The number of rotatable bonds is 9. The van der Waals surface area contributed by atoms with Gasteiger partial charge in [-0.25, -0.2) is 4.68 Å². The second-order valence-electron chi connectivity index (χ2n) is 4.74. The maximum absolute atomic E-state index is 5.66. The number of nitrogens with zero attached hydrogens (tertiary/aromatic N) is 3. The fourth-order valence-electron chi connectivity index (χ4n) is 1.94. The molecule has 0 aliphatic heterocycles. The third-order valence-electron chi connectivity index (χ3n) is 3.12. The van der Waals surface area contributed by atoms with Crippen molar-refractivity contribution in [1.82, 2.24) is 15.0 Å². The lowest BCUT2D eigenvalue weighted by atomic mass is 10.2. The van der Waals surface area contributed by atoms with E-state index in [4.69, 9.17) is 15.2 Å². The Balaban J connectivity index is 1.72. The quantitative estimate of drug-likeness (QED) is 0.711. The summed E-state index contributed by atoms with van der Waals surface area (Å²) >= 11 is 0. The molecule has 1 aromatic heterocycles. The van der Waals surface area contributed by atoms with Crippen LogP contribution in [0.2, 0.25) is 0 Å². The van der Waals surface area contributed by atoms with Crippen LogP contribution in [0.4, 0.5) is 0 Å². The van der Waals surface area contributed by atoms with Crippen molar-refractivity contribution in [1.29, 1.82) is 0 Å². The van der Waals surface area contributed by atoms with E-state index in [0.717, 1.165) is 43.0 Å². The summed E-state index contributed by atoms with van der Waals surface area (Å²) in [5.74, 6) is 1.64. The van der Waals surface area contributed by atoms with Gasteiger partial charge >= 0.3 is 0 Å². The predicted molar refractivity (Wildman–Crippen MR) is 80.5 cm³/mol. The molecule has 2 aromatic rings. The van der Waals surface area contributed by atoms with Gasteiger partial charge in [0, 0.05) is 6.20 Å². The number of nitrogens with two attached hydrogens (primary N) is 1. The first kappa shape index (κ1) is 15.3. The van der Waals surface area contributed by atoms with Gasteiger partial charge in [-0.2, -0.15) is 0 Å². The smallest absolute Gasteiger partial charge is 0.119 e. The maximum Gasteiger partial charge on any atom is 0.119 e. The van der Waals surface area contributed by atoms with E-state index in [1.54, 1.807) is 11.8 Å². The molecular formula is C15H22N4O2. The molecule has 0 spiro atoms. The molecule has 1 heterocycles. The Morgan fingerprint density at radius 2 is 1.90 bits per heavy atom. The Kier molecular flexibility index (Phi) is 6.02. The van der Waals surface area contributed by atoms with Crippen LogP contribution in [-0.2, 0) is 13.0 Å². The van der Waals surface area contributed by atoms with Gasteiger partial charge in [-0.3, -0.25) is 0 Å². The highest BCUT2D eigenvalue weighted by Gasteiger charge is 2.01. The molecule has 2 N–H and O–H groups in total. The number of hydrogen-bond donors (Lipinski definition) is 1. The topological polar surface area (TPSA) is 75.2 Å². The summed E-state index contributed by atoms with van der Waals surface area (Å²) in [4.78, 5) is 0. The van der Waals surface area contributed by atoms with E-state index < -0.39 is 0 Å². The Labute approximate surface area is 124 Å². The lowest BCUT2D eigenvalue weighted by Gasteiger charge is -2.06. The van der Waals surface area contributed by atoms with E-state index in [2.05, 4.69) is 10.3 Å². The van der Waals surface area contributed by atoms with Crippen LogP contribution in [0.3, 0.4) is 0 Å². The molecule has 0 aliphatic carbocycles. The summed E-state index contributed by atoms with van der Waals surface area (Å²) in [6.45, 7) is 1.96. The number of aromatic nitrogens is 3. The number of methoxy groups -OCH3 is 1. The highest BCUT2D eigenvalue weighted by Crippen LogP contribution is 2.16. The van der Waals surface area contributed by atoms with Crippen LogP contribution in [0.1, 0.15) is 18.5 Å². The molecule has 0 bridgehead atoms. The van der Waals surface area contributed by atoms with Crippen LogP contribution in [0.25, 0.3) is 0 Å². The van der Waals surface area contributed by atoms with Gasteiger partial charge in [-0.15, -0.1) is 5.10 Å². The normalized spacial score (nSPS) is 10.6. The third kappa shape index (κ3) is 5.07. The van der Waals surface area contributed by atoms with Crippen LogP contribution in [0.5, 0.6) is 11.5 Å². The van der Waals surface area contributed by atoms with Crippen molar-refractivity contribution < 1.29 is 9.47 Å². The average Bonchev–Trinajstić information content (AvgIpc) is 2.96. The monoisotopic (exact) mass is 290 g/mol. The number of aryl methyl sites for hydroxylation is 1. The Hall–Kier alpha value is -2.08. The minimum atomic E-state index is 0.554. The maximum atomic E-state index is 5.66. The van der Waals surface area contributed by atoms with Crippen molar-refractivity contribution in [2.24, 2.45) is 5.73 Å². The molecule has 0 aliphatic rings. The third-order valence-corrected chi connectivity index (χ3v) is 3.12. The van der Waals surface area contributed by atoms with E-state index in [-0.39, 0.29) is 0 Å². The van der Waals surface area contributed by atoms with Gasteiger partial charge in [-0.05, 0) is 50.1 Å². The largest absolute Gasteiger partial charge is 0.497 e. The highest BCUT2D eigenvalue weighted by atomic mass is 16.5. The first-order chi connectivity index (χ1) is 10.3. The molecule has 0 atom stereocenters. The van der Waals surface area contributed by atoms with Gasteiger partial charge in [0.25, 0.3) is 0 Å². The van der Waals surface area contributed by atoms with Crippen LogP contribution < -0.4 is 15.2 Å². The molecule has 1 aromatic carbocycles. The standard InChI is InChI=1S/C15H22N4O2/c1-20-14-5-7-15(8-6-14)21-11-10-19-12-13(17-18-19)4-2-3-9-16/h5-8,12H,2-4,9-11,16H2,1H3. The average molecular weight is 290 g/mol. The zero-order valence-corrected chi connectivity index (χ0v) is 12.4. The molecule has 6 heteroatoms. The van der Waals surface area contributed by atoms with E-state index in [0.29, 0.717) is 13.2 Å². The molecule has 0 radical (unpaired) electrons. The Morgan fingerprint density at radius 1 is 1.14 bits per heavy atom. The Bertz CT molecular complexity index is 525. The molecule has 0 saturated heterocycles. The minimum absolute atomic E-state index is 0.554. The van der Waals surface area contributed by atoms with E-state index in [9.17, 15) is 0 Å². The summed E-state index contributed by atoms with van der Waals surface area (Å²) in [5, 5.41) is 8.23. The van der Waals surface area contributed by atoms with Crippen LogP contribution in [0, 0.1) is 0 Å². The van der Waals surface area contributed by atoms with Gasteiger partial charge < -0.3 is 15.2 Å². The van der Waals surface area contributed by atoms with Crippen LogP contribution >= 0.6 is 0 Å². The fraction of sp³-hybridized carbons (Fsp3) is 0.467. The zero-order valence-electron chi connectivity index (χ0n) is 12.4. The molecule has 0 fully saturated rings. The van der Waals surface area contributed by atoms with E-state index >= 15 is 0 Å². The van der Waals surface area contributed by atoms with Gasteiger partial charge in [0.05, 0.1) is 19.3 Å². The molecule has 21 heavy (non-hydrogen) atoms. The van der Waals surface area contributed by atoms with Crippen molar-refractivity contribution in [3.63, 3.8) is 0 Å². The lowest BCUT2D eigenvalue weighted by Crippen LogP contribution is -2.08. The van der Waals surface area contributed by atoms with Crippen molar-refractivity contribution >= 4 is 0 Å². The highest BCUT2D eigenvalue weighted by molar-refractivity contribution is 5.31. The minimum Gasteiger partial charge on any atom is -0.497 e. The number of unbranched alkanes of at least 4 members (excludes halogenated alkanes) is 1. The second kappa shape index (κ2) is 8.26. The molecule has 0 unspecified atom stereocenters. The number of benzene rings is 1. The number of ether oxygens (including phenoxy) is 2. The van der Waals surface area contributed by atoms with Gasteiger partial charge in [0.1, 0.15) is 18.1 Å². The van der Waals surface area contributed by atoms with Crippen LogP contribution in [0.15, 0.2) is 30.5 Å². The Morgan fingerprint density at radius 3 is 2.62 bits per heavy atom. The van der Waals surface area contributed by atoms with Gasteiger partial charge in [-0.1, -0.05) is 5.21 Å². The molecular weight excluding hydrogens is 268 g/mol. The second-order valence-corrected chi connectivity index (χ2v) is 4.74. The van der Waals surface area contributed by atoms with Crippen molar-refractivity contribution in [2.75, 3.05) is 20.3 Å². The first-order valence-corrected chi connectivity index (χ1v) is 7.18. The predicted octanol–water partition coefficient (Wildman–Crippen LogP) is 1.65. The van der Waals surface area contributed by atoms with E-state index in [1.807, 2.05) is 30.5 Å². The SMILES string of the molecule is COc1ccc(OCCn2cc(CCCCN)nn2)cc1. The van der Waals surface area contributed by atoms with Gasteiger partial charge in [0.15, 0.2) is 0 Å².